The molecule has 10 rings (SSSR count). The van der Waals surface area contributed by atoms with Crippen molar-refractivity contribution in [2.24, 2.45) is 10.8 Å². The normalized spacial score (nSPS) is 24.0. The van der Waals surface area contributed by atoms with Crippen LogP contribution in [0, 0.1) is 10.8 Å². The monoisotopic (exact) mass is 826 g/mol. The standard InChI is InChI=1S/C54H58N4O4/c1-51(2)33-18-21-36(30-33)53(5)28-26-47(59)56-43-16-9-12-39(49(43)61-7)41-14-11-15-42(55-41)40-13-10-17-44(50(40)62-8)57-48(60)27-29-54(6,38-23-19-34(51)31-38)46-25-24-45(58-46)52(3,4)35-20-22-37(53)32-35/h9-25,58H,26-32H2,1-8H3,(H,56,59)(H,57,60)/t53-,54-/m1/s1. The van der Waals surface area contributed by atoms with Crippen molar-refractivity contribution in [1.82, 2.24) is 9.97 Å². The molecule has 6 aliphatic rings. The summed E-state index contributed by atoms with van der Waals surface area (Å²) >= 11 is 0. The third kappa shape index (κ3) is 6.88. The van der Waals surface area contributed by atoms with Gasteiger partial charge < -0.3 is 25.1 Å². The van der Waals surface area contributed by atoms with Crippen LogP contribution in [0.25, 0.3) is 22.5 Å². The van der Waals surface area contributed by atoms with Crippen LogP contribution in [-0.2, 0) is 20.4 Å². The zero-order valence-electron chi connectivity index (χ0n) is 37.3. The molecule has 2 aromatic heterocycles. The van der Waals surface area contributed by atoms with Gasteiger partial charge in [0.1, 0.15) is 0 Å². The van der Waals surface area contributed by atoms with E-state index in [4.69, 9.17) is 14.5 Å². The third-order valence-corrected chi connectivity index (χ3v) is 15.1. The van der Waals surface area contributed by atoms with E-state index in [1.54, 1.807) is 14.2 Å². The highest BCUT2D eigenvalue weighted by atomic mass is 16.5. The largest absolute Gasteiger partial charge is 0.494 e. The molecule has 8 heteroatoms. The van der Waals surface area contributed by atoms with Gasteiger partial charge in [-0.15, -0.1) is 0 Å². The Balaban J connectivity index is 1.18. The second kappa shape index (κ2) is 15.3. The molecule has 0 radical (unpaired) electrons. The molecular weight excluding hydrogens is 769 g/mol. The van der Waals surface area contributed by atoms with Crippen LogP contribution in [0.4, 0.5) is 11.4 Å². The van der Waals surface area contributed by atoms with Gasteiger partial charge >= 0.3 is 0 Å². The number of hydrogen-bond acceptors (Lipinski definition) is 5. The van der Waals surface area contributed by atoms with Crippen LogP contribution in [0.15, 0.2) is 137 Å². The molecule has 3 aliphatic carbocycles. The van der Waals surface area contributed by atoms with Crippen molar-refractivity contribution in [1.29, 1.82) is 0 Å². The fraction of sp³-hybridized carbons (Fsp3) is 0.352. The summed E-state index contributed by atoms with van der Waals surface area (Å²) in [5, 5.41) is 6.44. The van der Waals surface area contributed by atoms with Crippen molar-refractivity contribution < 1.29 is 19.1 Å². The molecule has 0 spiro atoms. The van der Waals surface area contributed by atoms with Crippen molar-refractivity contribution >= 4 is 23.2 Å². The smallest absolute Gasteiger partial charge is 0.224 e. The number of anilines is 2. The van der Waals surface area contributed by atoms with E-state index >= 15 is 0 Å². The first kappa shape index (κ1) is 41.2. The van der Waals surface area contributed by atoms with Gasteiger partial charge in [0.05, 0.1) is 37.0 Å². The number of nitrogens with one attached hydrogen (secondary N) is 3. The minimum atomic E-state index is -0.448. The zero-order chi connectivity index (χ0) is 43.6. The van der Waals surface area contributed by atoms with E-state index < -0.39 is 5.41 Å². The summed E-state index contributed by atoms with van der Waals surface area (Å²) in [6, 6.07) is 21.8. The SMILES string of the molecule is COc1c2cccc1-c1cccc(n1)-c1cccc(c1OC)NC(=O)CC[C@]1(C)C3=CC=C(C3)C(C)(C)C3=CC=C(C3)[C@@](C)(CCC(=O)N2)C2=CC=C(C2)C(C)(C)c2ccc1[nH]2. The number of amides is 2. The van der Waals surface area contributed by atoms with Crippen molar-refractivity contribution in [2.45, 2.75) is 97.3 Å². The van der Waals surface area contributed by atoms with Gasteiger partial charge in [0.25, 0.3) is 0 Å². The van der Waals surface area contributed by atoms with E-state index in [0.29, 0.717) is 59.9 Å². The second-order valence-corrected chi connectivity index (χ2v) is 19.2. The number of fused-ring (bicyclic) bond motifs is 6. The highest BCUT2D eigenvalue weighted by Gasteiger charge is 2.44. The fourth-order valence-electron chi connectivity index (χ4n) is 10.5. The average Bonchev–Trinajstić information content (AvgIpc) is 4.12. The number of carbonyl (C=O) groups excluding carboxylic acids is 2. The van der Waals surface area contributed by atoms with Gasteiger partial charge in [0.15, 0.2) is 11.5 Å². The molecule has 318 valence electrons. The zero-order valence-corrected chi connectivity index (χ0v) is 37.3. The van der Waals surface area contributed by atoms with Crippen LogP contribution < -0.4 is 20.1 Å². The summed E-state index contributed by atoms with van der Waals surface area (Å²) in [6.07, 6.45) is 18.3. The molecule has 2 aromatic carbocycles. The Bertz CT molecular complexity index is 2720. The number of methoxy groups -OCH3 is 2. The molecule has 2 amide bonds. The van der Waals surface area contributed by atoms with Gasteiger partial charge in [0, 0.05) is 57.0 Å². The number of hydrogen-bond donors (Lipinski definition) is 3. The highest BCUT2D eigenvalue weighted by molar-refractivity contribution is 5.95. The predicted octanol–water partition coefficient (Wildman–Crippen LogP) is 12.3. The predicted molar refractivity (Wildman–Crippen MR) is 249 cm³/mol. The topological polar surface area (TPSA) is 105 Å². The van der Waals surface area contributed by atoms with Crippen molar-refractivity contribution in [2.75, 3.05) is 24.9 Å². The number of para-hydroxylation sites is 2. The summed E-state index contributed by atoms with van der Waals surface area (Å²) < 4.78 is 12.0. The first-order valence-corrected chi connectivity index (χ1v) is 22.0. The molecule has 0 fully saturated rings. The Morgan fingerprint density at radius 3 is 1.42 bits per heavy atom. The van der Waals surface area contributed by atoms with Gasteiger partial charge in [-0.05, 0) is 80.6 Å². The molecule has 16 bridgehead atoms. The van der Waals surface area contributed by atoms with E-state index in [0.717, 1.165) is 41.8 Å². The molecule has 3 N–H and O–H groups in total. The fourth-order valence-corrected chi connectivity index (χ4v) is 10.5. The summed E-state index contributed by atoms with van der Waals surface area (Å²) in [5.74, 6) is 0.898. The molecular formula is C54H58N4O4. The number of pyridine rings is 1. The molecule has 3 aliphatic heterocycles. The van der Waals surface area contributed by atoms with Crippen molar-refractivity contribution in [3.8, 4) is 34.0 Å². The Morgan fingerprint density at radius 1 is 0.500 bits per heavy atom. The van der Waals surface area contributed by atoms with Gasteiger partial charge in [-0.2, -0.15) is 0 Å². The average molecular weight is 827 g/mol. The van der Waals surface area contributed by atoms with Crippen LogP contribution >= 0.6 is 0 Å². The molecule has 62 heavy (non-hydrogen) atoms. The Labute approximate surface area is 366 Å². The number of ether oxygens (including phenoxy) is 2. The molecule has 5 heterocycles. The lowest BCUT2D eigenvalue weighted by atomic mass is 9.66. The maximum Gasteiger partial charge on any atom is 0.224 e. The van der Waals surface area contributed by atoms with Crippen molar-refractivity contribution in [3.05, 3.63) is 148 Å². The second-order valence-electron chi connectivity index (χ2n) is 19.2. The van der Waals surface area contributed by atoms with E-state index in [9.17, 15) is 9.59 Å². The number of rotatable bonds is 2. The Morgan fingerprint density at radius 2 is 0.919 bits per heavy atom. The molecule has 8 nitrogen and oxygen atoms in total. The lowest BCUT2D eigenvalue weighted by Crippen LogP contribution is -2.30. The van der Waals surface area contributed by atoms with Gasteiger partial charge in [-0.3, -0.25) is 9.59 Å². The first-order valence-electron chi connectivity index (χ1n) is 22.0. The number of benzene rings is 2. The maximum atomic E-state index is 14.2. The Hall–Kier alpha value is -6.15. The number of carbonyl (C=O) groups is 2. The van der Waals surface area contributed by atoms with Gasteiger partial charge in [0.2, 0.25) is 11.8 Å². The lowest BCUT2D eigenvalue weighted by Gasteiger charge is -2.38. The maximum absolute atomic E-state index is 14.2. The number of nitrogens with zero attached hydrogens (tertiary/aromatic N) is 1. The molecule has 2 atom stereocenters. The van der Waals surface area contributed by atoms with Gasteiger partial charge in [-0.25, -0.2) is 4.98 Å². The summed E-state index contributed by atoms with van der Waals surface area (Å²) in [5.41, 5.74) is 13.0. The first-order chi connectivity index (χ1) is 29.6. The van der Waals surface area contributed by atoms with E-state index in [1.807, 2.05) is 54.6 Å². The van der Waals surface area contributed by atoms with Crippen LogP contribution in [0.5, 0.6) is 11.5 Å². The lowest BCUT2D eigenvalue weighted by molar-refractivity contribution is -0.117. The van der Waals surface area contributed by atoms with Crippen LogP contribution in [0.1, 0.15) is 97.9 Å². The highest BCUT2D eigenvalue weighted by Crippen LogP contribution is 2.56. The van der Waals surface area contributed by atoms with Crippen LogP contribution in [0.2, 0.25) is 0 Å². The van der Waals surface area contributed by atoms with E-state index in [2.05, 4.69) is 106 Å². The summed E-state index contributed by atoms with van der Waals surface area (Å²) in [7, 11) is 3.24. The number of aromatic amines is 1. The minimum Gasteiger partial charge on any atom is -0.494 e. The van der Waals surface area contributed by atoms with Crippen LogP contribution in [0.3, 0.4) is 0 Å². The van der Waals surface area contributed by atoms with E-state index in [-0.39, 0.29) is 28.1 Å². The number of allylic oxidation sites excluding steroid dienone is 12. The molecule has 0 saturated carbocycles. The number of H-pyrrole nitrogens is 1. The quantitative estimate of drug-likeness (QED) is 0.187. The molecule has 0 unspecified atom stereocenters. The van der Waals surface area contributed by atoms with Crippen LogP contribution in [-0.4, -0.2) is 36.0 Å². The minimum absolute atomic E-state index is 0.0727. The summed E-state index contributed by atoms with van der Waals surface area (Å²) in [6.45, 7) is 14.0. The van der Waals surface area contributed by atoms with Gasteiger partial charge in [-0.1, -0.05) is 130 Å². The van der Waals surface area contributed by atoms with Crippen molar-refractivity contribution in [3.63, 3.8) is 0 Å². The number of aromatic nitrogens is 2. The molecule has 0 saturated heterocycles. The van der Waals surface area contributed by atoms with E-state index in [1.165, 1.54) is 33.4 Å². The summed E-state index contributed by atoms with van der Waals surface area (Å²) in [4.78, 5) is 37.4. The molecule has 4 aromatic rings. The Kier molecular flexibility index (Phi) is 10.2. The third-order valence-electron chi connectivity index (χ3n) is 15.1.